The van der Waals surface area contributed by atoms with Crippen molar-refractivity contribution in [3.8, 4) is 17.2 Å². The molecule has 1 aliphatic rings. The Hall–Kier alpha value is -2.73. The van der Waals surface area contributed by atoms with Crippen LogP contribution in [0.1, 0.15) is 44.4 Å². The quantitative estimate of drug-likeness (QED) is 0.226. The Bertz CT molecular complexity index is 1400. The summed E-state index contributed by atoms with van der Waals surface area (Å²) >= 11 is 14.4. The highest BCUT2D eigenvalue weighted by Crippen LogP contribution is 2.50. The molecule has 4 nitrogen and oxygen atoms in total. The molecule has 0 unspecified atom stereocenters. The zero-order chi connectivity index (χ0) is 25.1. The summed E-state index contributed by atoms with van der Waals surface area (Å²) < 4.78 is 13.6. The molecule has 7 heteroatoms. The molecule has 1 saturated carbocycles. The second kappa shape index (κ2) is 10.7. The van der Waals surface area contributed by atoms with Crippen LogP contribution in [0.15, 0.2) is 77.1 Å². The van der Waals surface area contributed by atoms with Crippen molar-refractivity contribution in [2.75, 3.05) is 13.2 Å². The fourth-order valence-corrected chi connectivity index (χ4v) is 6.05. The lowest BCUT2D eigenvalue weighted by Crippen LogP contribution is -2.38. The number of nitrogens with zero attached hydrogens (tertiary/aromatic N) is 2. The van der Waals surface area contributed by atoms with Crippen LogP contribution in [0.2, 0.25) is 10.0 Å². The minimum Gasteiger partial charge on any atom is -0.494 e. The van der Waals surface area contributed by atoms with Gasteiger partial charge in [-0.05, 0) is 92.9 Å². The molecule has 0 spiro atoms. The van der Waals surface area contributed by atoms with E-state index in [0.717, 1.165) is 46.9 Å². The summed E-state index contributed by atoms with van der Waals surface area (Å²) in [6, 6.07) is 22.2. The van der Waals surface area contributed by atoms with Gasteiger partial charge < -0.3 is 9.47 Å². The summed E-state index contributed by atoms with van der Waals surface area (Å²) in [4.78, 5) is 5.95. The van der Waals surface area contributed by atoms with E-state index in [1.54, 1.807) is 11.3 Å². The van der Waals surface area contributed by atoms with Crippen LogP contribution in [0.4, 0.5) is 5.69 Å². The van der Waals surface area contributed by atoms with Crippen LogP contribution in [0, 0.1) is 0 Å². The predicted molar refractivity (Wildman–Crippen MR) is 149 cm³/mol. The monoisotopic (exact) mass is 538 g/mol. The third-order valence-corrected chi connectivity index (χ3v) is 8.22. The Morgan fingerprint density at radius 3 is 2.06 bits per heavy atom. The van der Waals surface area contributed by atoms with Gasteiger partial charge in [0.25, 0.3) is 0 Å². The van der Waals surface area contributed by atoms with Gasteiger partial charge in [-0.25, -0.2) is 4.99 Å². The minimum atomic E-state index is -0.143. The van der Waals surface area contributed by atoms with E-state index in [-0.39, 0.29) is 5.41 Å². The number of ether oxygens (including phenoxy) is 2. The van der Waals surface area contributed by atoms with Gasteiger partial charge in [-0.15, -0.1) is 11.3 Å². The van der Waals surface area contributed by atoms with Crippen molar-refractivity contribution in [2.45, 2.75) is 38.5 Å². The molecule has 0 saturated heterocycles. The van der Waals surface area contributed by atoms with Gasteiger partial charge in [0.05, 0.1) is 28.9 Å². The Balaban J connectivity index is 1.66. The predicted octanol–water partition coefficient (Wildman–Crippen LogP) is 8.35. The number of benzene rings is 3. The number of hydrogen-bond acceptors (Lipinski definition) is 4. The summed E-state index contributed by atoms with van der Waals surface area (Å²) in [5.74, 6) is 1.70. The van der Waals surface area contributed by atoms with E-state index in [1.165, 1.54) is 11.3 Å². The third-order valence-electron chi connectivity index (χ3n) is 6.66. The van der Waals surface area contributed by atoms with E-state index in [4.69, 9.17) is 37.7 Å². The van der Waals surface area contributed by atoms with E-state index in [0.29, 0.717) is 23.3 Å². The van der Waals surface area contributed by atoms with Crippen LogP contribution < -0.4 is 14.3 Å². The zero-order valence-electron chi connectivity index (χ0n) is 20.3. The normalized spacial score (nSPS) is 14.9. The first kappa shape index (κ1) is 24.9. The maximum absolute atomic E-state index is 6.46. The smallest absolute Gasteiger partial charge is 0.194 e. The number of rotatable bonds is 8. The maximum atomic E-state index is 6.46. The molecule has 0 radical (unpaired) electrons. The van der Waals surface area contributed by atoms with Gasteiger partial charge in [0.1, 0.15) is 11.5 Å². The Kier molecular flexibility index (Phi) is 7.42. The van der Waals surface area contributed by atoms with Gasteiger partial charge in [-0.3, -0.25) is 4.57 Å². The maximum Gasteiger partial charge on any atom is 0.194 e. The highest BCUT2D eigenvalue weighted by atomic mass is 35.5. The zero-order valence-corrected chi connectivity index (χ0v) is 22.7. The van der Waals surface area contributed by atoms with Crippen LogP contribution in [-0.4, -0.2) is 17.8 Å². The van der Waals surface area contributed by atoms with Crippen LogP contribution in [0.5, 0.6) is 11.5 Å². The van der Waals surface area contributed by atoms with Crippen LogP contribution in [0.25, 0.3) is 5.69 Å². The molecular formula is C29H28Cl2N2O2S. The van der Waals surface area contributed by atoms with Gasteiger partial charge in [-0.1, -0.05) is 35.7 Å². The molecule has 4 aromatic rings. The summed E-state index contributed by atoms with van der Waals surface area (Å²) in [5, 5.41) is 3.40. The number of halogens is 2. The van der Waals surface area contributed by atoms with Crippen molar-refractivity contribution < 1.29 is 9.47 Å². The van der Waals surface area contributed by atoms with E-state index < -0.39 is 0 Å². The fourth-order valence-electron chi connectivity index (χ4n) is 4.74. The first-order valence-corrected chi connectivity index (χ1v) is 13.8. The van der Waals surface area contributed by atoms with Gasteiger partial charge in [0.15, 0.2) is 4.80 Å². The molecule has 0 amide bonds. The molecule has 0 N–H and O–H groups in total. The summed E-state index contributed by atoms with van der Waals surface area (Å²) in [5.41, 5.74) is 4.18. The molecule has 1 aliphatic carbocycles. The van der Waals surface area contributed by atoms with Crippen molar-refractivity contribution in [1.29, 1.82) is 0 Å². The molecule has 0 bridgehead atoms. The largest absolute Gasteiger partial charge is 0.494 e. The van der Waals surface area contributed by atoms with E-state index in [9.17, 15) is 0 Å². The van der Waals surface area contributed by atoms with Crippen LogP contribution in [0.3, 0.4) is 0 Å². The van der Waals surface area contributed by atoms with E-state index in [1.807, 2.05) is 62.4 Å². The average Bonchev–Trinajstić information content (AvgIpc) is 3.26. The fraction of sp³-hybridized carbons (Fsp3) is 0.276. The highest BCUT2D eigenvalue weighted by molar-refractivity contribution is 7.07. The minimum absolute atomic E-state index is 0.143. The molecule has 0 atom stereocenters. The van der Waals surface area contributed by atoms with Crippen molar-refractivity contribution in [1.82, 2.24) is 4.57 Å². The topological polar surface area (TPSA) is 35.8 Å². The van der Waals surface area contributed by atoms with E-state index >= 15 is 0 Å². The van der Waals surface area contributed by atoms with Crippen LogP contribution in [-0.2, 0) is 5.41 Å². The molecule has 1 fully saturated rings. The van der Waals surface area contributed by atoms with Crippen molar-refractivity contribution in [3.63, 3.8) is 0 Å². The Morgan fingerprint density at radius 1 is 0.861 bits per heavy atom. The number of thiazole rings is 1. The van der Waals surface area contributed by atoms with Crippen molar-refractivity contribution in [2.24, 2.45) is 4.99 Å². The number of hydrogen-bond donors (Lipinski definition) is 0. The lowest BCUT2D eigenvalue weighted by Gasteiger charge is -2.43. The standard InChI is InChI=1S/C29H28Cl2N2O2S/c1-3-34-23-11-7-21(8-12-23)32-28-33(22-9-13-24(14-10-22)35-4-2)27(19-36-28)29(16-5-17-29)20-6-15-25(30)26(31)18-20/h6-15,18-19H,3-5,16-17H2,1-2H3. The first-order chi connectivity index (χ1) is 17.5. The Morgan fingerprint density at radius 2 is 1.50 bits per heavy atom. The summed E-state index contributed by atoms with van der Waals surface area (Å²) in [7, 11) is 0. The van der Waals surface area contributed by atoms with Gasteiger partial charge in [0.2, 0.25) is 0 Å². The molecule has 3 aromatic carbocycles. The summed E-state index contributed by atoms with van der Waals surface area (Å²) in [6.45, 7) is 5.24. The second-order valence-electron chi connectivity index (χ2n) is 8.77. The highest BCUT2D eigenvalue weighted by Gasteiger charge is 2.43. The van der Waals surface area contributed by atoms with Gasteiger partial charge in [0, 0.05) is 22.2 Å². The molecule has 186 valence electrons. The molecule has 0 aliphatic heterocycles. The lowest BCUT2D eigenvalue weighted by molar-refractivity contribution is 0.289. The third kappa shape index (κ3) is 4.80. The van der Waals surface area contributed by atoms with Crippen LogP contribution >= 0.6 is 34.5 Å². The molecular weight excluding hydrogens is 511 g/mol. The molecule has 1 aromatic heterocycles. The first-order valence-electron chi connectivity index (χ1n) is 12.2. The van der Waals surface area contributed by atoms with Gasteiger partial charge >= 0.3 is 0 Å². The Labute approximate surface area is 225 Å². The van der Waals surface area contributed by atoms with Gasteiger partial charge in [-0.2, -0.15) is 0 Å². The van der Waals surface area contributed by atoms with E-state index in [2.05, 4.69) is 28.1 Å². The average molecular weight is 540 g/mol. The number of aromatic nitrogens is 1. The molecule has 36 heavy (non-hydrogen) atoms. The van der Waals surface area contributed by atoms with Crippen molar-refractivity contribution in [3.05, 3.63) is 98.2 Å². The summed E-state index contributed by atoms with van der Waals surface area (Å²) in [6.07, 6.45) is 3.24. The van der Waals surface area contributed by atoms with Crippen molar-refractivity contribution >= 4 is 40.2 Å². The SMILES string of the molecule is CCOc1ccc(N=c2scc(C3(c4ccc(Cl)c(Cl)c4)CCC3)n2-c2ccc(OCC)cc2)cc1. The molecule has 5 rings (SSSR count). The second-order valence-corrected chi connectivity index (χ2v) is 10.4. The lowest BCUT2D eigenvalue weighted by atomic mass is 9.62. The molecule has 1 heterocycles.